The molecule has 0 spiro atoms. The Hall–Kier alpha value is -1.58. The fourth-order valence-electron chi connectivity index (χ4n) is 0.875. The van der Waals surface area contributed by atoms with Crippen molar-refractivity contribution in [3.63, 3.8) is 0 Å². The monoisotopic (exact) mass is 166 g/mol. The number of hydrogen-bond donors (Lipinski definition) is 1. The molecule has 1 aromatic rings. The number of ether oxygens (including phenoxy) is 1. The average Bonchev–Trinajstić information content (AvgIpc) is 2.06. The third-order valence-corrected chi connectivity index (χ3v) is 1.32. The van der Waals surface area contributed by atoms with Crippen LogP contribution in [-0.2, 0) is 0 Å². The molecule has 0 aliphatic heterocycles. The molecular weight excluding hydrogens is 156 g/mol. The van der Waals surface area contributed by atoms with E-state index in [9.17, 15) is 4.91 Å². The van der Waals surface area contributed by atoms with Crippen LogP contribution in [-0.4, -0.2) is 6.61 Å². The number of nitrogens with one attached hydrogen (secondary N) is 1. The van der Waals surface area contributed by atoms with E-state index in [0.717, 1.165) is 5.75 Å². The molecule has 0 aliphatic carbocycles. The lowest BCUT2D eigenvalue weighted by Gasteiger charge is -2.03. The molecule has 0 saturated carbocycles. The van der Waals surface area contributed by atoms with Gasteiger partial charge in [-0.15, -0.1) is 4.91 Å². The third kappa shape index (κ3) is 2.23. The lowest BCUT2D eigenvalue weighted by atomic mass is 10.3. The number of rotatable bonds is 4. The topological polar surface area (TPSA) is 50.7 Å². The summed E-state index contributed by atoms with van der Waals surface area (Å²) in [7, 11) is 0. The summed E-state index contributed by atoms with van der Waals surface area (Å²) >= 11 is 0. The van der Waals surface area contributed by atoms with Gasteiger partial charge in [0.05, 0.1) is 17.6 Å². The molecule has 12 heavy (non-hydrogen) atoms. The van der Waals surface area contributed by atoms with E-state index < -0.39 is 0 Å². The minimum Gasteiger partial charge on any atom is -0.494 e. The molecule has 0 aliphatic rings. The number of hydrogen-bond acceptors (Lipinski definition) is 3. The molecule has 64 valence electrons. The zero-order valence-corrected chi connectivity index (χ0v) is 6.78. The van der Waals surface area contributed by atoms with Crippen LogP contribution in [0.4, 0.5) is 5.69 Å². The Labute approximate surface area is 70.5 Å². The van der Waals surface area contributed by atoms with E-state index in [2.05, 4.69) is 10.7 Å². The van der Waals surface area contributed by atoms with E-state index in [-0.39, 0.29) is 0 Å². The maximum Gasteiger partial charge on any atom is 0.121 e. The SMILES string of the molecule is CCOc1cccc(NN=O)c1. The zero-order valence-electron chi connectivity index (χ0n) is 6.78. The summed E-state index contributed by atoms with van der Waals surface area (Å²) in [4.78, 5) is 9.84. The fraction of sp³-hybridized carbons (Fsp3) is 0.250. The van der Waals surface area contributed by atoms with Gasteiger partial charge in [-0.25, -0.2) is 5.43 Å². The molecule has 0 aromatic heterocycles. The van der Waals surface area contributed by atoms with Crippen molar-refractivity contribution < 1.29 is 4.74 Å². The standard InChI is InChI=1S/C8H10N2O2/c1-2-12-8-5-3-4-7(6-8)9-10-11/h3-6H,2H2,1H3,(H,9,11). The first kappa shape index (κ1) is 8.52. The normalized spacial score (nSPS) is 9.08. The first-order valence-electron chi connectivity index (χ1n) is 3.68. The lowest BCUT2D eigenvalue weighted by Crippen LogP contribution is -1.92. The number of anilines is 1. The third-order valence-electron chi connectivity index (χ3n) is 1.32. The van der Waals surface area contributed by atoms with Crippen molar-refractivity contribution in [1.82, 2.24) is 0 Å². The molecule has 4 heteroatoms. The summed E-state index contributed by atoms with van der Waals surface area (Å²) in [5.74, 6) is 0.728. The van der Waals surface area contributed by atoms with Crippen molar-refractivity contribution in [2.75, 3.05) is 12.0 Å². The largest absolute Gasteiger partial charge is 0.494 e. The first-order chi connectivity index (χ1) is 5.86. The summed E-state index contributed by atoms with van der Waals surface area (Å²) in [6.45, 7) is 2.51. The molecule has 1 aromatic carbocycles. The molecule has 0 bridgehead atoms. The molecule has 0 heterocycles. The van der Waals surface area contributed by atoms with E-state index in [0.29, 0.717) is 12.3 Å². The van der Waals surface area contributed by atoms with Crippen molar-refractivity contribution in [1.29, 1.82) is 0 Å². The van der Waals surface area contributed by atoms with E-state index >= 15 is 0 Å². The second-order valence-corrected chi connectivity index (χ2v) is 2.16. The predicted octanol–water partition coefficient (Wildman–Crippen LogP) is 2.18. The summed E-state index contributed by atoms with van der Waals surface area (Å²) < 4.78 is 5.21. The highest BCUT2D eigenvalue weighted by atomic mass is 16.5. The Morgan fingerprint density at radius 2 is 2.42 bits per heavy atom. The van der Waals surface area contributed by atoms with E-state index in [1.807, 2.05) is 13.0 Å². The van der Waals surface area contributed by atoms with E-state index in [4.69, 9.17) is 4.74 Å². The van der Waals surface area contributed by atoms with Gasteiger partial charge in [-0.2, -0.15) is 0 Å². The van der Waals surface area contributed by atoms with Gasteiger partial charge in [-0.05, 0) is 19.1 Å². The maximum atomic E-state index is 9.84. The Morgan fingerprint density at radius 3 is 3.08 bits per heavy atom. The molecule has 0 atom stereocenters. The second kappa shape index (κ2) is 4.33. The van der Waals surface area contributed by atoms with Crippen LogP contribution in [0.15, 0.2) is 29.6 Å². The van der Waals surface area contributed by atoms with Gasteiger partial charge in [0.2, 0.25) is 0 Å². The minimum atomic E-state index is 0.609. The average molecular weight is 166 g/mol. The maximum absolute atomic E-state index is 9.84. The molecule has 0 amide bonds. The van der Waals surface area contributed by atoms with Crippen molar-refractivity contribution in [3.8, 4) is 5.75 Å². The first-order valence-corrected chi connectivity index (χ1v) is 3.68. The molecule has 0 unspecified atom stereocenters. The smallest absolute Gasteiger partial charge is 0.121 e. The van der Waals surface area contributed by atoms with Crippen molar-refractivity contribution >= 4 is 5.69 Å². The summed E-state index contributed by atoms with van der Waals surface area (Å²) in [6, 6.07) is 7.06. The van der Waals surface area contributed by atoms with Gasteiger partial charge < -0.3 is 4.74 Å². The van der Waals surface area contributed by atoms with Gasteiger partial charge >= 0.3 is 0 Å². The van der Waals surface area contributed by atoms with Crippen molar-refractivity contribution in [3.05, 3.63) is 29.2 Å². The Kier molecular flexibility index (Phi) is 3.07. The molecule has 0 saturated heterocycles. The molecule has 0 fully saturated rings. The van der Waals surface area contributed by atoms with E-state index in [1.54, 1.807) is 18.2 Å². The van der Waals surface area contributed by atoms with Crippen LogP contribution in [0.3, 0.4) is 0 Å². The van der Waals surface area contributed by atoms with Crippen molar-refractivity contribution in [2.24, 2.45) is 5.29 Å². The van der Waals surface area contributed by atoms with Crippen molar-refractivity contribution in [2.45, 2.75) is 6.92 Å². The van der Waals surface area contributed by atoms with Gasteiger partial charge in [-0.3, -0.25) is 0 Å². The van der Waals surface area contributed by atoms with Gasteiger partial charge in [0.25, 0.3) is 0 Å². The van der Waals surface area contributed by atoms with Gasteiger partial charge in [0.1, 0.15) is 5.75 Å². The number of nitrogens with zero attached hydrogens (tertiary/aromatic N) is 1. The molecule has 0 radical (unpaired) electrons. The highest BCUT2D eigenvalue weighted by Gasteiger charge is 1.93. The second-order valence-electron chi connectivity index (χ2n) is 2.16. The molecule has 1 rings (SSSR count). The Morgan fingerprint density at radius 1 is 1.58 bits per heavy atom. The fourth-order valence-corrected chi connectivity index (χ4v) is 0.875. The van der Waals surface area contributed by atoms with Crippen LogP contribution in [0.2, 0.25) is 0 Å². The Balaban J connectivity index is 2.73. The van der Waals surface area contributed by atoms with Crippen LogP contribution in [0.25, 0.3) is 0 Å². The minimum absolute atomic E-state index is 0.609. The highest BCUT2D eigenvalue weighted by molar-refractivity contribution is 5.47. The van der Waals surface area contributed by atoms with Gasteiger partial charge in [-0.1, -0.05) is 6.07 Å². The Bertz CT molecular complexity index is 263. The lowest BCUT2D eigenvalue weighted by molar-refractivity contribution is 0.340. The van der Waals surface area contributed by atoms with Gasteiger partial charge in [0, 0.05) is 6.07 Å². The van der Waals surface area contributed by atoms with Crippen LogP contribution >= 0.6 is 0 Å². The molecular formula is C8H10N2O2. The molecule has 4 nitrogen and oxygen atoms in total. The van der Waals surface area contributed by atoms with Crippen LogP contribution < -0.4 is 10.2 Å². The summed E-state index contributed by atoms with van der Waals surface area (Å²) in [6.07, 6.45) is 0. The number of nitroso groups, excluding NO2 is 1. The predicted molar refractivity (Wildman–Crippen MR) is 47.0 cm³/mol. The van der Waals surface area contributed by atoms with Gasteiger partial charge in [0.15, 0.2) is 0 Å². The van der Waals surface area contributed by atoms with Crippen LogP contribution in [0.5, 0.6) is 5.75 Å². The highest BCUT2D eigenvalue weighted by Crippen LogP contribution is 2.16. The summed E-state index contributed by atoms with van der Waals surface area (Å²) in [5, 5.41) is 2.55. The van der Waals surface area contributed by atoms with E-state index in [1.165, 1.54) is 0 Å². The quantitative estimate of drug-likeness (QED) is 0.551. The number of benzene rings is 1. The summed E-state index contributed by atoms with van der Waals surface area (Å²) in [5.41, 5.74) is 2.93. The molecule has 1 N–H and O–H groups in total. The zero-order chi connectivity index (χ0) is 8.81. The van der Waals surface area contributed by atoms with Crippen LogP contribution in [0.1, 0.15) is 6.92 Å². The van der Waals surface area contributed by atoms with Crippen LogP contribution in [0, 0.1) is 4.91 Å².